The van der Waals surface area contributed by atoms with E-state index in [1.165, 1.54) is 0 Å². The molecule has 0 aromatic heterocycles. The van der Waals surface area contributed by atoms with Gasteiger partial charge in [0.1, 0.15) is 6.61 Å². The molecule has 0 aliphatic heterocycles. The summed E-state index contributed by atoms with van der Waals surface area (Å²) in [5.41, 5.74) is 0. The van der Waals surface area contributed by atoms with Gasteiger partial charge in [0.05, 0.1) is 6.61 Å². The zero-order valence-corrected chi connectivity index (χ0v) is 10.9. The third kappa shape index (κ3) is 10.6. The highest BCUT2D eigenvalue weighted by Gasteiger charge is 2.28. The maximum absolute atomic E-state index is 11.9. The van der Waals surface area contributed by atoms with Gasteiger partial charge in [-0.25, -0.2) is 0 Å². The van der Waals surface area contributed by atoms with Crippen LogP contribution < -0.4 is 5.32 Å². The Labute approximate surface area is 102 Å². The Kier molecular flexibility index (Phi) is 8.60. The normalized spacial score (nSPS) is 15.9. The van der Waals surface area contributed by atoms with Gasteiger partial charge in [-0.05, 0) is 25.3 Å². The van der Waals surface area contributed by atoms with E-state index in [-0.39, 0.29) is 12.6 Å². The van der Waals surface area contributed by atoms with Crippen molar-refractivity contribution in [3.05, 3.63) is 0 Å². The van der Waals surface area contributed by atoms with Crippen LogP contribution in [0.4, 0.5) is 13.2 Å². The van der Waals surface area contributed by atoms with E-state index in [0.717, 1.165) is 25.8 Å². The van der Waals surface area contributed by atoms with E-state index in [4.69, 9.17) is 4.74 Å². The monoisotopic (exact) mass is 255 g/mol. The summed E-state index contributed by atoms with van der Waals surface area (Å²) in [6, 6.07) is 0.0206. The largest absolute Gasteiger partial charge is 0.411 e. The zero-order chi connectivity index (χ0) is 13.3. The van der Waals surface area contributed by atoms with Gasteiger partial charge in [0.25, 0.3) is 0 Å². The van der Waals surface area contributed by atoms with E-state index in [1.54, 1.807) is 0 Å². The van der Waals surface area contributed by atoms with E-state index in [1.807, 2.05) is 6.92 Å². The van der Waals surface area contributed by atoms with E-state index in [9.17, 15) is 13.2 Å². The third-order valence-corrected chi connectivity index (χ3v) is 2.65. The van der Waals surface area contributed by atoms with Gasteiger partial charge in [0.2, 0.25) is 0 Å². The lowest BCUT2D eigenvalue weighted by molar-refractivity contribution is -0.175. The van der Waals surface area contributed by atoms with Gasteiger partial charge in [-0.1, -0.05) is 27.2 Å². The van der Waals surface area contributed by atoms with Crippen molar-refractivity contribution in [1.82, 2.24) is 5.32 Å². The van der Waals surface area contributed by atoms with Gasteiger partial charge in [-0.3, -0.25) is 0 Å². The summed E-state index contributed by atoms with van der Waals surface area (Å²) in [6.45, 7) is 6.00. The number of ether oxygens (including phenoxy) is 1. The van der Waals surface area contributed by atoms with E-state index in [0.29, 0.717) is 5.92 Å². The summed E-state index contributed by atoms with van der Waals surface area (Å²) in [4.78, 5) is 0. The third-order valence-electron chi connectivity index (χ3n) is 2.65. The Hall–Kier alpha value is -0.290. The second kappa shape index (κ2) is 8.75. The maximum Gasteiger partial charge on any atom is 0.411 e. The fourth-order valence-corrected chi connectivity index (χ4v) is 1.53. The van der Waals surface area contributed by atoms with Gasteiger partial charge in [0.15, 0.2) is 0 Å². The lowest BCUT2D eigenvalue weighted by Gasteiger charge is -2.22. The average Bonchev–Trinajstić information content (AvgIpc) is 2.23. The van der Waals surface area contributed by atoms with Gasteiger partial charge < -0.3 is 10.1 Å². The van der Waals surface area contributed by atoms with Gasteiger partial charge in [-0.15, -0.1) is 0 Å². The molecular weight excluding hydrogens is 231 g/mol. The second-order valence-corrected chi connectivity index (χ2v) is 4.53. The molecule has 0 heterocycles. The Balaban J connectivity index is 3.92. The van der Waals surface area contributed by atoms with Crippen LogP contribution in [-0.4, -0.2) is 32.0 Å². The summed E-state index contributed by atoms with van der Waals surface area (Å²) in [6.07, 6.45) is -1.38. The van der Waals surface area contributed by atoms with Crippen LogP contribution in [0, 0.1) is 5.92 Å². The highest BCUT2D eigenvalue weighted by molar-refractivity contribution is 4.69. The molecule has 0 aliphatic carbocycles. The van der Waals surface area contributed by atoms with Crippen molar-refractivity contribution < 1.29 is 17.9 Å². The first-order valence-electron chi connectivity index (χ1n) is 6.26. The van der Waals surface area contributed by atoms with Crippen LogP contribution in [0.2, 0.25) is 0 Å². The lowest BCUT2D eigenvalue weighted by atomic mass is 10.00. The Morgan fingerprint density at radius 3 is 2.35 bits per heavy atom. The lowest BCUT2D eigenvalue weighted by Crippen LogP contribution is -2.36. The number of hydrogen-bond acceptors (Lipinski definition) is 2. The molecule has 0 aliphatic rings. The molecule has 0 spiro atoms. The minimum atomic E-state index is -4.23. The van der Waals surface area contributed by atoms with Crippen LogP contribution >= 0.6 is 0 Å². The molecule has 2 nitrogen and oxygen atoms in total. The summed E-state index contributed by atoms with van der Waals surface area (Å²) in [5, 5.41) is 3.23. The number of alkyl halides is 3. The second-order valence-electron chi connectivity index (χ2n) is 4.53. The first-order chi connectivity index (χ1) is 7.89. The molecule has 2 unspecified atom stereocenters. The molecule has 0 aromatic rings. The highest BCUT2D eigenvalue weighted by Crippen LogP contribution is 2.15. The van der Waals surface area contributed by atoms with Crippen molar-refractivity contribution in [2.75, 3.05) is 19.8 Å². The summed E-state index contributed by atoms with van der Waals surface area (Å²) >= 11 is 0. The predicted molar refractivity (Wildman–Crippen MR) is 63.0 cm³/mol. The molecule has 0 saturated carbocycles. The SMILES string of the molecule is CCCNC(COCC(F)(F)F)CC(C)CC. The highest BCUT2D eigenvalue weighted by atomic mass is 19.4. The standard InChI is InChI=1S/C12H24F3NO/c1-4-6-16-11(7-10(3)5-2)8-17-9-12(13,14)15/h10-11,16H,4-9H2,1-3H3. The van der Waals surface area contributed by atoms with Gasteiger partial charge >= 0.3 is 6.18 Å². The number of nitrogens with one attached hydrogen (secondary N) is 1. The summed E-state index contributed by atoms with van der Waals surface area (Å²) < 4.78 is 40.5. The van der Waals surface area contributed by atoms with Crippen LogP contribution in [0.5, 0.6) is 0 Å². The molecule has 0 bridgehead atoms. The minimum Gasteiger partial charge on any atom is -0.370 e. The molecule has 104 valence electrons. The number of halogens is 3. The first-order valence-corrected chi connectivity index (χ1v) is 6.26. The molecule has 0 rings (SSSR count). The van der Waals surface area contributed by atoms with Crippen LogP contribution in [0.25, 0.3) is 0 Å². The average molecular weight is 255 g/mol. The molecule has 2 atom stereocenters. The van der Waals surface area contributed by atoms with Crippen molar-refractivity contribution in [3.8, 4) is 0 Å². The number of rotatable bonds is 9. The molecule has 0 saturated heterocycles. The minimum absolute atomic E-state index is 0.0206. The number of hydrogen-bond donors (Lipinski definition) is 1. The molecule has 0 amide bonds. The first kappa shape index (κ1) is 16.7. The van der Waals surface area contributed by atoms with Gasteiger partial charge in [-0.2, -0.15) is 13.2 Å². The van der Waals surface area contributed by atoms with E-state index >= 15 is 0 Å². The van der Waals surface area contributed by atoms with Crippen LogP contribution in [0.15, 0.2) is 0 Å². The molecule has 0 radical (unpaired) electrons. The van der Waals surface area contributed by atoms with Crippen molar-refractivity contribution in [2.24, 2.45) is 5.92 Å². The van der Waals surface area contributed by atoms with Gasteiger partial charge in [0, 0.05) is 6.04 Å². The van der Waals surface area contributed by atoms with Crippen LogP contribution in [0.1, 0.15) is 40.0 Å². The molecule has 0 fully saturated rings. The Bertz CT molecular complexity index is 185. The fourth-order valence-electron chi connectivity index (χ4n) is 1.53. The van der Waals surface area contributed by atoms with E-state index < -0.39 is 12.8 Å². The Morgan fingerprint density at radius 2 is 1.88 bits per heavy atom. The maximum atomic E-state index is 11.9. The van der Waals surface area contributed by atoms with E-state index in [2.05, 4.69) is 19.2 Å². The zero-order valence-electron chi connectivity index (χ0n) is 10.9. The summed E-state index contributed by atoms with van der Waals surface area (Å²) in [5.74, 6) is 0.499. The van der Waals surface area contributed by atoms with Crippen LogP contribution in [-0.2, 0) is 4.74 Å². The van der Waals surface area contributed by atoms with Crippen molar-refractivity contribution >= 4 is 0 Å². The summed E-state index contributed by atoms with van der Waals surface area (Å²) in [7, 11) is 0. The Morgan fingerprint density at radius 1 is 1.24 bits per heavy atom. The fraction of sp³-hybridized carbons (Fsp3) is 1.00. The van der Waals surface area contributed by atoms with Crippen molar-refractivity contribution in [1.29, 1.82) is 0 Å². The smallest absolute Gasteiger partial charge is 0.370 e. The molecular formula is C12H24F3NO. The topological polar surface area (TPSA) is 21.3 Å². The molecule has 17 heavy (non-hydrogen) atoms. The molecule has 0 aromatic carbocycles. The predicted octanol–water partition coefficient (Wildman–Crippen LogP) is 3.37. The van der Waals surface area contributed by atoms with Crippen LogP contribution in [0.3, 0.4) is 0 Å². The molecule has 1 N–H and O–H groups in total. The van der Waals surface area contributed by atoms with Crippen molar-refractivity contribution in [2.45, 2.75) is 52.3 Å². The quantitative estimate of drug-likeness (QED) is 0.682. The molecule has 5 heteroatoms. The van der Waals surface area contributed by atoms with Crippen molar-refractivity contribution in [3.63, 3.8) is 0 Å².